The fourth-order valence-corrected chi connectivity index (χ4v) is 2.95. The lowest BCUT2D eigenvalue weighted by molar-refractivity contribution is 0.476. The molecular weight excluding hydrogens is 405 g/mol. The summed E-state index contributed by atoms with van der Waals surface area (Å²) in [6.07, 6.45) is 0. The van der Waals surface area contributed by atoms with E-state index >= 15 is 0 Å². The summed E-state index contributed by atoms with van der Waals surface area (Å²) < 4.78 is 7.63. The molecule has 0 aliphatic rings. The van der Waals surface area contributed by atoms with Gasteiger partial charge in [-0.3, -0.25) is 0 Å². The summed E-state index contributed by atoms with van der Waals surface area (Å²) in [5.74, 6) is 1.50. The van der Waals surface area contributed by atoms with Crippen molar-refractivity contribution in [3.8, 4) is 11.5 Å². The van der Waals surface area contributed by atoms with Crippen molar-refractivity contribution in [1.82, 2.24) is 5.32 Å². The van der Waals surface area contributed by atoms with Crippen molar-refractivity contribution in [2.24, 2.45) is 0 Å². The Balaban J connectivity index is 2.17. The molecule has 0 aromatic heterocycles. The molecule has 2 rings (SSSR count). The van der Waals surface area contributed by atoms with Crippen LogP contribution in [-0.4, -0.2) is 6.54 Å². The van der Waals surface area contributed by atoms with Gasteiger partial charge in [-0.05, 0) is 74.3 Å². The minimum absolute atomic E-state index is 0.671. The normalized spacial score (nSPS) is 10.6. The van der Waals surface area contributed by atoms with E-state index in [1.54, 1.807) is 6.07 Å². The number of ether oxygens (including phenoxy) is 1. The maximum Gasteiger partial charge on any atom is 0.141 e. The van der Waals surface area contributed by atoms with Gasteiger partial charge in [0.25, 0.3) is 0 Å². The Morgan fingerprint density at radius 2 is 1.70 bits per heavy atom. The first kappa shape index (κ1) is 15.8. The molecule has 0 heterocycles. The van der Waals surface area contributed by atoms with Crippen molar-refractivity contribution >= 4 is 43.5 Å². The van der Waals surface area contributed by atoms with Crippen LogP contribution in [-0.2, 0) is 6.54 Å². The van der Waals surface area contributed by atoms with Gasteiger partial charge in [0.15, 0.2) is 0 Å². The number of rotatable bonds is 5. The van der Waals surface area contributed by atoms with Crippen LogP contribution in [0.3, 0.4) is 0 Å². The van der Waals surface area contributed by atoms with Crippen LogP contribution in [0.4, 0.5) is 0 Å². The smallest absolute Gasteiger partial charge is 0.141 e. The zero-order valence-corrected chi connectivity index (χ0v) is 14.8. The van der Waals surface area contributed by atoms with Crippen molar-refractivity contribution in [3.05, 3.63) is 55.9 Å². The zero-order chi connectivity index (χ0) is 14.5. The highest BCUT2D eigenvalue weighted by molar-refractivity contribution is 9.11. The third-order valence-corrected chi connectivity index (χ3v) is 4.16. The molecule has 0 fully saturated rings. The summed E-state index contributed by atoms with van der Waals surface area (Å²) in [4.78, 5) is 0. The molecule has 1 N–H and O–H groups in total. The Hall–Kier alpha value is -0.550. The van der Waals surface area contributed by atoms with Crippen molar-refractivity contribution in [2.45, 2.75) is 13.5 Å². The number of hydrogen-bond acceptors (Lipinski definition) is 2. The number of benzene rings is 2. The summed E-state index contributed by atoms with van der Waals surface area (Å²) in [6, 6.07) is 11.5. The molecule has 2 nitrogen and oxygen atoms in total. The minimum Gasteiger partial charge on any atom is -0.455 e. The summed E-state index contributed by atoms with van der Waals surface area (Å²) in [5, 5.41) is 3.96. The predicted octanol–water partition coefficient (Wildman–Crippen LogP) is 5.77. The molecular formula is C15H14Br2ClNO. The van der Waals surface area contributed by atoms with E-state index in [9.17, 15) is 0 Å². The second-order valence-electron chi connectivity index (χ2n) is 4.22. The first-order valence-corrected chi connectivity index (χ1v) is 8.18. The number of halogens is 3. The fraction of sp³-hybridized carbons (Fsp3) is 0.200. The van der Waals surface area contributed by atoms with E-state index < -0.39 is 0 Å². The van der Waals surface area contributed by atoms with Crippen molar-refractivity contribution in [1.29, 1.82) is 0 Å². The fourth-order valence-electron chi connectivity index (χ4n) is 1.68. The molecule has 0 amide bonds. The van der Waals surface area contributed by atoms with Crippen molar-refractivity contribution in [3.63, 3.8) is 0 Å². The lowest BCUT2D eigenvalue weighted by atomic mass is 10.2. The summed E-state index contributed by atoms with van der Waals surface area (Å²) in [7, 11) is 0. The van der Waals surface area contributed by atoms with Crippen LogP contribution >= 0.6 is 43.5 Å². The van der Waals surface area contributed by atoms with Crippen LogP contribution in [0.2, 0.25) is 5.02 Å². The van der Waals surface area contributed by atoms with Gasteiger partial charge in [0.05, 0.1) is 8.95 Å². The van der Waals surface area contributed by atoms with Crippen LogP contribution in [0, 0.1) is 0 Å². The Bertz CT molecular complexity index is 604. The first-order valence-electron chi connectivity index (χ1n) is 6.22. The van der Waals surface area contributed by atoms with Crippen LogP contribution < -0.4 is 10.1 Å². The zero-order valence-electron chi connectivity index (χ0n) is 10.9. The van der Waals surface area contributed by atoms with Crippen LogP contribution in [0.1, 0.15) is 12.5 Å². The summed E-state index contributed by atoms with van der Waals surface area (Å²) in [6.45, 7) is 3.89. The van der Waals surface area contributed by atoms with Crippen LogP contribution in [0.5, 0.6) is 11.5 Å². The van der Waals surface area contributed by atoms with Gasteiger partial charge in [-0.1, -0.05) is 24.6 Å². The maximum absolute atomic E-state index is 5.92. The lowest BCUT2D eigenvalue weighted by Crippen LogP contribution is -2.11. The van der Waals surface area contributed by atoms with Gasteiger partial charge in [-0.2, -0.15) is 0 Å². The molecule has 5 heteroatoms. The standard InChI is InChI=1S/C15H14Br2ClNO/c1-2-19-9-10-3-5-14(12(16)7-10)20-15-6-4-11(18)8-13(15)17/h3-8,19H,2,9H2,1H3. The highest BCUT2D eigenvalue weighted by Crippen LogP contribution is 2.35. The third kappa shape index (κ3) is 4.22. The lowest BCUT2D eigenvalue weighted by Gasteiger charge is -2.11. The largest absolute Gasteiger partial charge is 0.455 e. The van der Waals surface area contributed by atoms with Gasteiger partial charge in [0, 0.05) is 11.6 Å². The van der Waals surface area contributed by atoms with Crippen LogP contribution in [0.25, 0.3) is 0 Å². The van der Waals surface area contributed by atoms with E-state index in [2.05, 4.69) is 50.2 Å². The molecule has 0 bridgehead atoms. The van der Waals surface area contributed by atoms with E-state index in [0.29, 0.717) is 5.02 Å². The molecule has 0 saturated heterocycles. The van der Waals surface area contributed by atoms with E-state index in [0.717, 1.165) is 33.5 Å². The Labute approximate surface area is 140 Å². The average molecular weight is 420 g/mol. The van der Waals surface area contributed by atoms with Crippen molar-refractivity contribution in [2.75, 3.05) is 6.54 Å². The number of nitrogens with one attached hydrogen (secondary N) is 1. The molecule has 0 unspecified atom stereocenters. The SMILES string of the molecule is CCNCc1ccc(Oc2ccc(Cl)cc2Br)c(Br)c1. The third-order valence-electron chi connectivity index (χ3n) is 2.69. The molecule has 0 radical (unpaired) electrons. The Morgan fingerprint density at radius 1 is 1.05 bits per heavy atom. The predicted molar refractivity (Wildman–Crippen MR) is 90.7 cm³/mol. The molecule has 0 spiro atoms. The van der Waals surface area contributed by atoms with E-state index in [4.69, 9.17) is 16.3 Å². The molecule has 0 atom stereocenters. The Morgan fingerprint density at radius 3 is 2.30 bits per heavy atom. The maximum atomic E-state index is 5.92. The second kappa shape index (κ2) is 7.46. The molecule has 0 saturated carbocycles. The van der Waals surface area contributed by atoms with Gasteiger partial charge < -0.3 is 10.1 Å². The van der Waals surface area contributed by atoms with Gasteiger partial charge in [0.1, 0.15) is 11.5 Å². The van der Waals surface area contributed by atoms with Crippen molar-refractivity contribution < 1.29 is 4.74 Å². The molecule has 2 aromatic carbocycles. The van der Waals surface area contributed by atoms with E-state index in [-0.39, 0.29) is 0 Å². The Kier molecular flexibility index (Phi) is 5.90. The summed E-state index contributed by atoms with van der Waals surface area (Å²) >= 11 is 12.9. The molecule has 0 aliphatic heterocycles. The molecule has 2 aromatic rings. The highest BCUT2D eigenvalue weighted by atomic mass is 79.9. The van der Waals surface area contributed by atoms with Gasteiger partial charge >= 0.3 is 0 Å². The van der Waals surface area contributed by atoms with E-state index in [1.165, 1.54) is 5.56 Å². The monoisotopic (exact) mass is 417 g/mol. The molecule has 20 heavy (non-hydrogen) atoms. The quantitative estimate of drug-likeness (QED) is 0.665. The van der Waals surface area contributed by atoms with E-state index in [1.807, 2.05) is 24.3 Å². The topological polar surface area (TPSA) is 21.3 Å². The first-order chi connectivity index (χ1) is 9.60. The van der Waals surface area contributed by atoms with Gasteiger partial charge in [-0.15, -0.1) is 0 Å². The molecule has 106 valence electrons. The van der Waals surface area contributed by atoms with Crippen LogP contribution in [0.15, 0.2) is 45.3 Å². The van der Waals surface area contributed by atoms with Gasteiger partial charge in [-0.25, -0.2) is 0 Å². The minimum atomic E-state index is 0.671. The van der Waals surface area contributed by atoms with Gasteiger partial charge in [0.2, 0.25) is 0 Å². The second-order valence-corrected chi connectivity index (χ2v) is 6.37. The summed E-state index contributed by atoms with van der Waals surface area (Å²) in [5.41, 5.74) is 1.21. The average Bonchev–Trinajstić information content (AvgIpc) is 2.42. The highest BCUT2D eigenvalue weighted by Gasteiger charge is 2.07. The molecule has 0 aliphatic carbocycles. The number of hydrogen-bond donors (Lipinski definition) is 1.